The van der Waals surface area contributed by atoms with Crippen LogP contribution in [0.25, 0.3) is 6.08 Å². The third-order valence-corrected chi connectivity index (χ3v) is 5.87. The van der Waals surface area contributed by atoms with Crippen LogP contribution >= 0.6 is 24.0 Å². The molecule has 0 spiro atoms. The van der Waals surface area contributed by atoms with Gasteiger partial charge in [0.1, 0.15) is 5.75 Å². The fourth-order valence-corrected chi connectivity index (χ4v) is 4.12. The summed E-state index contributed by atoms with van der Waals surface area (Å²) in [5, 5.41) is 23.3. The van der Waals surface area contributed by atoms with Gasteiger partial charge >= 0.3 is 5.97 Å². The maximum atomic E-state index is 10.6. The van der Waals surface area contributed by atoms with Gasteiger partial charge in [-0.2, -0.15) is 0 Å². The number of aliphatic hydroxyl groups excluding tert-OH is 1. The van der Waals surface area contributed by atoms with Gasteiger partial charge in [0.05, 0.1) is 6.10 Å². The van der Waals surface area contributed by atoms with Gasteiger partial charge in [-0.15, -0.1) is 12.4 Å². The molecule has 1 aliphatic rings. The van der Waals surface area contributed by atoms with E-state index in [1.54, 1.807) is 30.5 Å². The van der Waals surface area contributed by atoms with Crippen LogP contribution < -0.4 is 10.1 Å². The van der Waals surface area contributed by atoms with E-state index in [-0.39, 0.29) is 18.4 Å². The summed E-state index contributed by atoms with van der Waals surface area (Å²) in [7, 11) is 0. The molecule has 0 saturated carbocycles. The van der Waals surface area contributed by atoms with Crippen molar-refractivity contribution in [2.24, 2.45) is 0 Å². The lowest BCUT2D eigenvalue weighted by molar-refractivity contribution is -0.131. The number of ether oxygens (including phenoxy) is 1. The number of aromatic nitrogens is 1. The summed E-state index contributed by atoms with van der Waals surface area (Å²) in [6.07, 6.45) is 6.32. The molecule has 1 aromatic heterocycles. The van der Waals surface area contributed by atoms with Crippen LogP contribution in [0.3, 0.4) is 0 Å². The summed E-state index contributed by atoms with van der Waals surface area (Å²) in [5.41, 5.74) is 4.01. The normalized spacial score (nSPS) is 15.9. The summed E-state index contributed by atoms with van der Waals surface area (Å²) in [6.45, 7) is 0.461. The quantitative estimate of drug-likeness (QED) is 0.367. The number of aliphatic hydroxyl groups is 1. The van der Waals surface area contributed by atoms with Crippen LogP contribution in [0.15, 0.2) is 66.9 Å². The van der Waals surface area contributed by atoms with Gasteiger partial charge in [0, 0.05) is 35.9 Å². The van der Waals surface area contributed by atoms with Crippen molar-refractivity contribution >= 4 is 36.1 Å². The highest BCUT2D eigenvalue weighted by Gasteiger charge is 2.20. The molecule has 0 radical (unpaired) electrons. The smallest absolute Gasteiger partial charge is 0.328 e. The molecule has 3 aromatic rings. The van der Waals surface area contributed by atoms with E-state index in [4.69, 9.17) is 21.4 Å². The first-order valence-electron chi connectivity index (χ1n) is 10.8. The maximum Gasteiger partial charge on any atom is 0.328 e. The van der Waals surface area contributed by atoms with Crippen molar-refractivity contribution in [1.29, 1.82) is 0 Å². The lowest BCUT2D eigenvalue weighted by Gasteiger charge is -2.27. The third-order valence-electron chi connectivity index (χ3n) is 5.64. The Kier molecular flexibility index (Phi) is 9.07. The zero-order valence-electron chi connectivity index (χ0n) is 18.4. The van der Waals surface area contributed by atoms with Gasteiger partial charge < -0.3 is 20.3 Å². The van der Waals surface area contributed by atoms with Gasteiger partial charge in [0.15, 0.2) is 0 Å². The minimum absolute atomic E-state index is 0. The van der Waals surface area contributed by atoms with Crippen LogP contribution in [0.5, 0.6) is 11.6 Å². The van der Waals surface area contributed by atoms with E-state index in [1.165, 1.54) is 17.2 Å². The van der Waals surface area contributed by atoms with Crippen LogP contribution in [0.2, 0.25) is 5.02 Å². The molecule has 0 amide bonds. The molecule has 0 saturated heterocycles. The molecule has 2 atom stereocenters. The number of carboxylic acid groups (broad SMARTS) is 1. The number of halogens is 2. The molecule has 0 unspecified atom stereocenters. The largest absolute Gasteiger partial charge is 0.478 e. The molecular weight excluding hydrogens is 475 g/mol. The second-order valence-corrected chi connectivity index (χ2v) is 8.49. The Morgan fingerprint density at radius 2 is 2.06 bits per heavy atom. The second-order valence-electron chi connectivity index (χ2n) is 8.05. The van der Waals surface area contributed by atoms with E-state index in [1.807, 2.05) is 24.3 Å². The van der Waals surface area contributed by atoms with Crippen molar-refractivity contribution in [3.05, 3.63) is 94.1 Å². The number of carbonyl (C=O) groups is 1. The molecule has 0 fully saturated rings. The van der Waals surface area contributed by atoms with Crippen molar-refractivity contribution in [1.82, 2.24) is 10.3 Å². The molecular formula is C26H26Cl2N2O4. The average molecular weight is 501 g/mol. The molecule has 4 rings (SSSR count). The molecule has 3 N–H and O–H groups in total. The monoisotopic (exact) mass is 500 g/mol. The fraction of sp³-hybridized carbons (Fsp3) is 0.231. The first-order chi connectivity index (χ1) is 16.0. The van der Waals surface area contributed by atoms with Crippen LogP contribution in [-0.4, -0.2) is 33.8 Å². The number of rotatable bonds is 8. The molecule has 8 heteroatoms. The van der Waals surface area contributed by atoms with Crippen LogP contribution in [0, 0.1) is 0 Å². The minimum atomic E-state index is -1.00. The highest BCUT2D eigenvalue weighted by atomic mass is 35.5. The Labute approximate surface area is 209 Å². The highest BCUT2D eigenvalue weighted by Crippen LogP contribution is 2.28. The number of aliphatic carboxylic acids is 1. The number of carboxylic acids is 1. The minimum Gasteiger partial charge on any atom is -0.478 e. The lowest BCUT2D eigenvalue weighted by Crippen LogP contribution is -2.37. The third kappa shape index (κ3) is 7.05. The van der Waals surface area contributed by atoms with Crippen LogP contribution in [0.1, 0.15) is 34.8 Å². The lowest BCUT2D eigenvalue weighted by atomic mass is 9.88. The first-order valence-corrected chi connectivity index (χ1v) is 11.2. The van der Waals surface area contributed by atoms with Crippen molar-refractivity contribution in [3.8, 4) is 11.6 Å². The van der Waals surface area contributed by atoms with E-state index < -0.39 is 12.1 Å². The SMILES string of the molecule is Cl.O=C(O)C=Cc1ccc(Oc2ccc3c(c2)C[C@@H](NC[C@H](O)c2cccc(Cl)c2)CC3)nc1. The molecule has 34 heavy (non-hydrogen) atoms. The highest BCUT2D eigenvalue weighted by molar-refractivity contribution is 6.30. The summed E-state index contributed by atoms with van der Waals surface area (Å²) in [6, 6.07) is 17.1. The van der Waals surface area contributed by atoms with Gasteiger partial charge in [-0.3, -0.25) is 0 Å². The predicted molar refractivity (Wildman–Crippen MR) is 135 cm³/mol. The van der Waals surface area contributed by atoms with E-state index in [0.717, 1.165) is 30.9 Å². The number of hydrogen-bond donors (Lipinski definition) is 3. The molecule has 0 aliphatic heterocycles. The summed E-state index contributed by atoms with van der Waals surface area (Å²) in [4.78, 5) is 14.9. The van der Waals surface area contributed by atoms with Gasteiger partial charge in [0.25, 0.3) is 0 Å². The number of nitrogens with zero attached hydrogens (tertiary/aromatic N) is 1. The number of benzene rings is 2. The van der Waals surface area contributed by atoms with E-state index in [0.29, 0.717) is 28.8 Å². The van der Waals surface area contributed by atoms with Crippen LogP contribution in [0.4, 0.5) is 0 Å². The Hall–Kier alpha value is -2.90. The number of nitrogens with one attached hydrogen (secondary N) is 1. The first kappa shape index (κ1) is 25.7. The van der Waals surface area contributed by atoms with Gasteiger partial charge in [-0.05, 0) is 77.9 Å². The number of aryl methyl sites for hydroxylation is 1. The fourth-order valence-electron chi connectivity index (χ4n) is 3.92. The Balaban J connectivity index is 0.00000324. The van der Waals surface area contributed by atoms with Gasteiger partial charge in [-0.25, -0.2) is 9.78 Å². The zero-order valence-corrected chi connectivity index (χ0v) is 19.9. The maximum absolute atomic E-state index is 10.6. The summed E-state index contributed by atoms with van der Waals surface area (Å²) in [5.74, 6) is 0.142. The van der Waals surface area contributed by atoms with E-state index in [2.05, 4.69) is 16.4 Å². The number of hydrogen-bond acceptors (Lipinski definition) is 5. The predicted octanol–water partition coefficient (Wildman–Crippen LogP) is 5.23. The number of fused-ring (bicyclic) bond motifs is 1. The van der Waals surface area contributed by atoms with Crippen molar-refractivity contribution < 1.29 is 19.7 Å². The van der Waals surface area contributed by atoms with Crippen molar-refractivity contribution in [3.63, 3.8) is 0 Å². The molecule has 1 heterocycles. The summed E-state index contributed by atoms with van der Waals surface area (Å²) < 4.78 is 5.90. The standard InChI is InChI=1S/C26H25ClN2O4.ClH/c27-21-3-1-2-19(12-21)24(30)16-28-22-8-6-18-7-9-23(14-20(18)13-22)33-25-10-4-17(15-29-25)5-11-26(31)32;/h1-5,7,9-12,14-15,22,24,28,30H,6,8,13,16H2,(H,31,32);1H/t22-,24-;/m0./s1. The number of pyridine rings is 1. The Morgan fingerprint density at radius 3 is 2.79 bits per heavy atom. The van der Waals surface area contributed by atoms with Gasteiger partial charge in [-0.1, -0.05) is 29.8 Å². The molecule has 2 aromatic carbocycles. The molecule has 1 aliphatic carbocycles. The van der Waals surface area contributed by atoms with Crippen molar-refractivity contribution in [2.75, 3.05) is 6.54 Å². The average Bonchev–Trinajstić information content (AvgIpc) is 2.82. The molecule has 0 bridgehead atoms. The topological polar surface area (TPSA) is 91.7 Å². The Morgan fingerprint density at radius 1 is 1.21 bits per heavy atom. The molecule has 6 nitrogen and oxygen atoms in total. The summed E-state index contributed by atoms with van der Waals surface area (Å²) >= 11 is 6.03. The van der Waals surface area contributed by atoms with E-state index >= 15 is 0 Å². The van der Waals surface area contributed by atoms with Gasteiger partial charge in [0.2, 0.25) is 5.88 Å². The zero-order chi connectivity index (χ0) is 23.2. The Bertz CT molecular complexity index is 1150. The molecule has 178 valence electrons. The van der Waals surface area contributed by atoms with E-state index in [9.17, 15) is 9.90 Å². The van der Waals surface area contributed by atoms with Crippen molar-refractivity contribution in [2.45, 2.75) is 31.4 Å². The van der Waals surface area contributed by atoms with Crippen LogP contribution in [-0.2, 0) is 17.6 Å². The second kappa shape index (κ2) is 12.0.